The van der Waals surface area contributed by atoms with Crippen molar-refractivity contribution in [3.8, 4) is 11.5 Å². The molecule has 4 aromatic rings. The molecule has 0 aromatic heterocycles. The van der Waals surface area contributed by atoms with E-state index in [1.54, 1.807) is 67.6 Å². The minimum absolute atomic E-state index is 0.0319. The summed E-state index contributed by atoms with van der Waals surface area (Å²) in [6.07, 6.45) is 0. The molecule has 52 heavy (non-hydrogen) atoms. The van der Waals surface area contributed by atoms with Crippen LogP contribution in [0, 0.1) is 0 Å². The number of benzene rings is 4. The van der Waals surface area contributed by atoms with Crippen LogP contribution in [0.5, 0.6) is 11.5 Å². The van der Waals surface area contributed by atoms with Gasteiger partial charge in [0.2, 0.25) is 0 Å². The van der Waals surface area contributed by atoms with Crippen LogP contribution >= 0.6 is 0 Å². The molecule has 0 aliphatic heterocycles. The average Bonchev–Trinajstić information content (AvgIpc) is 3.13. The lowest BCUT2D eigenvalue weighted by molar-refractivity contribution is -0.154. The Morgan fingerprint density at radius 3 is 1.08 bits per heavy atom. The fourth-order valence-electron chi connectivity index (χ4n) is 3.25. The van der Waals surface area contributed by atoms with Crippen molar-refractivity contribution in [3.05, 3.63) is 180 Å². The van der Waals surface area contributed by atoms with Gasteiger partial charge in [-0.05, 0) is 76.2 Å². The zero-order valence-corrected chi connectivity index (χ0v) is 29.4. The molecular formula is C42H40O10. The molecule has 0 bridgehead atoms. The highest BCUT2D eigenvalue weighted by Gasteiger charge is 2.11. The second-order valence-electron chi connectivity index (χ2n) is 11.0. The van der Waals surface area contributed by atoms with E-state index < -0.39 is 23.9 Å². The minimum Gasteiger partial charge on any atom is -0.508 e. The highest BCUT2D eigenvalue weighted by Crippen LogP contribution is 2.17. The predicted octanol–water partition coefficient (Wildman–Crippen LogP) is 7.88. The fourth-order valence-corrected chi connectivity index (χ4v) is 3.25. The molecule has 0 atom stereocenters. The number of phenolic OH excluding ortho intramolecular Hbond substituents is 1. The second kappa shape index (κ2) is 21.9. The molecule has 0 saturated carbocycles. The van der Waals surface area contributed by atoms with E-state index >= 15 is 0 Å². The quantitative estimate of drug-likeness (QED) is 0.0576. The van der Waals surface area contributed by atoms with Gasteiger partial charge in [-0.25, -0.2) is 19.2 Å². The number of ketones is 2. The van der Waals surface area contributed by atoms with Crippen LogP contribution in [0.2, 0.25) is 0 Å². The highest BCUT2D eigenvalue weighted by molar-refractivity contribution is 6.09. The Morgan fingerprint density at radius 2 is 0.769 bits per heavy atom. The smallest absolute Gasteiger partial charge is 0.340 e. The zero-order valence-electron chi connectivity index (χ0n) is 29.4. The van der Waals surface area contributed by atoms with Crippen LogP contribution < -0.4 is 4.74 Å². The van der Waals surface area contributed by atoms with E-state index in [4.69, 9.17) is 14.9 Å². The first-order valence-electron chi connectivity index (χ1n) is 15.4. The average molecular weight is 705 g/mol. The Balaban J connectivity index is 0.000000375. The number of aromatic hydroxyl groups is 1. The number of rotatable bonds is 9. The summed E-state index contributed by atoms with van der Waals surface area (Å²) in [7, 11) is 0. The van der Waals surface area contributed by atoms with Gasteiger partial charge in [0.05, 0.1) is 0 Å². The summed E-state index contributed by atoms with van der Waals surface area (Å²) in [4.78, 5) is 66.4. The first-order valence-corrected chi connectivity index (χ1v) is 15.4. The number of carbonyl (C=O) groups excluding carboxylic acids is 5. The molecule has 0 unspecified atom stereocenters. The molecule has 0 aliphatic rings. The normalized spacial score (nSPS) is 9.31. The second-order valence-corrected chi connectivity index (χ2v) is 11.0. The number of esters is 3. The summed E-state index contributed by atoms with van der Waals surface area (Å²) in [5.41, 5.74) is 3.30. The number of phenols is 1. The number of hydrogen-bond donors (Lipinski definition) is 2. The van der Waals surface area contributed by atoms with Crippen molar-refractivity contribution in [2.45, 2.75) is 27.7 Å². The SMILES string of the molecule is C=C(C)C(=O)O.C=C(C)C(=O)OC(=O)C(=C)C.C=C(C)C(=O)Oc1ccc(C(=O)c2ccccc2)cc1.O=C(c1ccccc1)c1ccc(O)cc1. The largest absolute Gasteiger partial charge is 0.508 e. The first-order chi connectivity index (χ1) is 24.4. The summed E-state index contributed by atoms with van der Waals surface area (Å²) in [5.74, 6) is -2.38. The maximum Gasteiger partial charge on any atom is 0.340 e. The molecule has 0 heterocycles. The predicted molar refractivity (Wildman–Crippen MR) is 198 cm³/mol. The van der Waals surface area contributed by atoms with Crippen molar-refractivity contribution in [2.24, 2.45) is 0 Å². The topological polar surface area (TPSA) is 161 Å². The highest BCUT2D eigenvalue weighted by atomic mass is 16.6. The van der Waals surface area contributed by atoms with Crippen LogP contribution in [-0.4, -0.2) is 45.7 Å². The molecular weight excluding hydrogens is 664 g/mol. The van der Waals surface area contributed by atoms with Crippen LogP contribution in [0.1, 0.15) is 59.5 Å². The minimum atomic E-state index is -0.935. The van der Waals surface area contributed by atoms with Gasteiger partial charge in [-0.15, -0.1) is 0 Å². The zero-order chi connectivity index (χ0) is 39.4. The molecule has 2 N–H and O–H groups in total. The van der Waals surface area contributed by atoms with E-state index in [-0.39, 0.29) is 34.0 Å². The lowest BCUT2D eigenvalue weighted by atomic mass is 10.0. The Labute approximate surface area is 302 Å². The standard InChI is InChI=1S/C17H14O3.C13H10O2.C8H10O3.C4H6O2/c1-12(2)17(19)20-15-10-8-14(9-11-15)16(18)13-6-4-3-5-7-13;14-12-8-6-11(7-9-12)13(15)10-4-2-1-3-5-10;1-5(2)7(9)11-8(10)6(3)4;1-3(2)4(5)6/h3-11H,1H2,2H3;1-9,14H;1,3H2,2,4H3;1H2,2H3,(H,5,6). The van der Waals surface area contributed by atoms with Crippen molar-refractivity contribution in [1.29, 1.82) is 0 Å². The Kier molecular flexibility index (Phi) is 18.2. The van der Waals surface area contributed by atoms with Crippen molar-refractivity contribution in [2.75, 3.05) is 0 Å². The molecule has 4 aromatic carbocycles. The summed E-state index contributed by atoms with van der Waals surface area (Å²) in [6.45, 7) is 19.2. The van der Waals surface area contributed by atoms with Crippen LogP contribution in [0.15, 0.2) is 158 Å². The number of carboxylic acid groups (broad SMARTS) is 1. The van der Waals surface area contributed by atoms with Gasteiger partial charge in [-0.2, -0.15) is 0 Å². The third-order valence-electron chi connectivity index (χ3n) is 6.12. The van der Waals surface area contributed by atoms with Crippen LogP contribution in [0.4, 0.5) is 0 Å². The number of carboxylic acids is 1. The third-order valence-corrected chi connectivity index (χ3v) is 6.12. The van der Waals surface area contributed by atoms with Gasteiger partial charge in [-0.1, -0.05) is 87.0 Å². The summed E-state index contributed by atoms with van der Waals surface area (Å²) in [5, 5.41) is 17.0. The van der Waals surface area contributed by atoms with E-state index in [1.807, 2.05) is 36.4 Å². The maximum absolute atomic E-state index is 12.2. The molecule has 0 aliphatic carbocycles. The fraction of sp³-hybridized carbons (Fsp3) is 0.0952. The number of carbonyl (C=O) groups is 6. The maximum atomic E-state index is 12.2. The Bertz CT molecular complexity index is 1880. The van der Waals surface area contributed by atoms with Crippen molar-refractivity contribution in [1.82, 2.24) is 0 Å². The van der Waals surface area contributed by atoms with E-state index in [9.17, 15) is 28.8 Å². The van der Waals surface area contributed by atoms with Gasteiger partial charge in [0.1, 0.15) is 11.5 Å². The summed E-state index contributed by atoms with van der Waals surface area (Å²) < 4.78 is 9.36. The molecule has 0 spiro atoms. The molecule has 0 radical (unpaired) electrons. The lowest BCUT2D eigenvalue weighted by Crippen LogP contribution is -2.12. The molecule has 10 nitrogen and oxygen atoms in total. The first kappa shape index (κ1) is 43.1. The molecule has 10 heteroatoms. The lowest BCUT2D eigenvalue weighted by Gasteiger charge is -2.05. The summed E-state index contributed by atoms with van der Waals surface area (Å²) in [6, 6.07) is 30.8. The van der Waals surface area contributed by atoms with Crippen LogP contribution in [-0.2, 0) is 23.9 Å². The molecule has 268 valence electrons. The van der Waals surface area contributed by atoms with Crippen molar-refractivity contribution < 1.29 is 48.5 Å². The molecule has 0 saturated heterocycles. The van der Waals surface area contributed by atoms with Crippen molar-refractivity contribution >= 4 is 35.4 Å². The van der Waals surface area contributed by atoms with Crippen LogP contribution in [0.3, 0.4) is 0 Å². The van der Waals surface area contributed by atoms with Gasteiger partial charge in [0.15, 0.2) is 11.6 Å². The Hall–Kier alpha value is -6.94. The Morgan fingerprint density at radius 1 is 0.462 bits per heavy atom. The van der Waals surface area contributed by atoms with Crippen molar-refractivity contribution in [3.63, 3.8) is 0 Å². The molecule has 4 rings (SSSR count). The molecule has 0 amide bonds. The van der Waals surface area contributed by atoms with Crippen LogP contribution in [0.25, 0.3) is 0 Å². The van der Waals surface area contributed by atoms with E-state index in [0.717, 1.165) is 0 Å². The van der Waals surface area contributed by atoms with E-state index in [1.165, 1.54) is 32.9 Å². The monoisotopic (exact) mass is 704 g/mol. The number of aliphatic carboxylic acids is 1. The third kappa shape index (κ3) is 16.0. The van der Waals surface area contributed by atoms with Gasteiger partial charge >= 0.3 is 23.9 Å². The summed E-state index contributed by atoms with van der Waals surface area (Å²) >= 11 is 0. The molecule has 0 fully saturated rings. The van der Waals surface area contributed by atoms with Gasteiger partial charge < -0.3 is 19.7 Å². The van der Waals surface area contributed by atoms with Gasteiger partial charge in [0, 0.05) is 44.5 Å². The van der Waals surface area contributed by atoms with E-state index in [0.29, 0.717) is 33.6 Å². The number of ether oxygens (including phenoxy) is 2. The van der Waals surface area contributed by atoms with Gasteiger partial charge in [0.25, 0.3) is 0 Å². The van der Waals surface area contributed by atoms with E-state index in [2.05, 4.69) is 31.1 Å². The van der Waals surface area contributed by atoms with Gasteiger partial charge in [-0.3, -0.25) is 9.59 Å². The number of hydrogen-bond acceptors (Lipinski definition) is 9.